The van der Waals surface area contributed by atoms with E-state index in [9.17, 15) is 28.3 Å². The Morgan fingerprint density at radius 1 is 1.03 bits per heavy atom. The molecule has 8 nitrogen and oxygen atoms in total. The molecule has 1 aliphatic rings. The number of hydrogen-bond donors (Lipinski definition) is 3. The molecule has 36 heavy (non-hydrogen) atoms. The number of anilines is 1. The third kappa shape index (κ3) is 5.24. The second kappa shape index (κ2) is 10.6. The number of ether oxygens (including phenoxy) is 1. The standard InChI is InChI=1S/C26H23F2N3O5/c27-17-10-15(11-18(28)13-17)12-22(33)31(26(35)19(29)14-32)23-24(16-6-2-1-3-7-16)36-21-9-5-4-8-20(21)30-25(23)34/h1-11,13,19,23-24,32H,12,14,29H2,(H,30,34)/t19-,23-,24+/m0/s1. The van der Waals surface area contributed by atoms with Crippen LogP contribution in [0.3, 0.4) is 0 Å². The van der Waals surface area contributed by atoms with Crippen LogP contribution in [0, 0.1) is 11.6 Å². The van der Waals surface area contributed by atoms with E-state index in [1.807, 2.05) is 0 Å². The molecule has 0 aliphatic carbocycles. The van der Waals surface area contributed by atoms with Crippen molar-refractivity contribution in [2.45, 2.75) is 24.6 Å². The van der Waals surface area contributed by atoms with Gasteiger partial charge in [0.25, 0.3) is 5.91 Å². The van der Waals surface area contributed by atoms with Gasteiger partial charge in [0, 0.05) is 6.07 Å². The fourth-order valence-corrected chi connectivity index (χ4v) is 4.01. The summed E-state index contributed by atoms with van der Waals surface area (Å²) in [5, 5.41) is 12.2. The van der Waals surface area contributed by atoms with Gasteiger partial charge in [0.05, 0.1) is 18.7 Å². The van der Waals surface area contributed by atoms with E-state index >= 15 is 0 Å². The Kier molecular flexibility index (Phi) is 7.37. The van der Waals surface area contributed by atoms with E-state index in [-0.39, 0.29) is 5.56 Å². The van der Waals surface area contributed by atoms with Crippen molar-refractivity contribution in [2.24, 2.45) is 5.73 Å². The molecule has 0 fully saturated rings. The summed E-state index contributed by atoms with van der Waals surface area (Å²) in [6.45, 7) is -0.803. The van der Waals surface area contributed by atoms with Crippen LogP contribution in [-0.2, 0) is 20.8 Å². The van der Waals surface area contributed by atoms with E-state index in [0.29, 0.717) is 28.0 Å². The Morgan fingerprint density at radius 3 is 2.33 bits per heavy atom. The summed E-state index contributed by atoms with van der Waals surface area (Å²) in [6, 6.07) is 14.5. The molecular formula is C26H23F2N3O5. The predicted octanol–water partition coefficient (Wildman–Crippen LogP) is 2.32. The first-order valence-corrected chi connectivity index (χ1v) is 11.1. The zero-order valence-corrected chi connectivity index (χ0v) is 18.9. The number of hydrogen-bond acceptors (Lipinski definition) is 6. The van der Waals surface area contributed by atoms with Gasteiger partial charge in [-0.15, -0.1) is 0 Å². The average Bonchev–Trinajstić information content (AvgIpc) is 2.99. The molecule has 10 heteroatoms. The van der Waals surface area contributed by atoms with Crippen LogP contribution in [0.2, 0.25) is 0 Å². The van der Waals surface area contributed by atoms with Crippen LogP contribution in [0.1, 0.15) is 17.2 Å². The number of benzene rings is 3. The number of carbonyl (C=O) groups is 3. The first-order chi connectivity index (χ1) is 17.3. The van der Waals surface area contributed by atoms with Crippen molar-refractivity contribution in [1.82, 2.24) is 4.90 Å². The maximum Gasteiger partial charge on any atom is 0.252 e. The molecule has 4 rings (SSSR count). The number of nitrogens with two attached hydrogens (primary N) is 1. The molecular weight excluding hydrogens is 472 g/mol. The lowest BCUT2D eigenvalue weighted by molar-refractivity contribution is -0.155. The van der Waals surface area contributed by atoms with Gasteiger partial charge in [0.1, 0.15) is 23.4 Å². The third-order valence-corrected chi connectivity index (χ3v) is 5.66. The lowest BCUT2D eigenvalue weighted by Crippen LogP contribution is -2.58. The lowest BCUT2D eigenvalue weighted by atomic mass is 9.98. The molecule has 0 aromatic heterocycles. The average molecular weight is 495 g/mol. The summed E-state index contributed by atoms with van der Waals surface area (Å²) in [5.41, 5.74) is 6.52. The van der Waals surface area contributed by atoms with Gasteiger partial charge in [-0.1, -0.05) is 42.5 Å². The molecule has 4 N–H and O–H groups in total. The van der Waals surface area contributed by atoms with Gasteiger partial charge in [0.2, 0.25) is 11.8 Å². The van der Waals surface area contributed by atoms with Gasteiger partial charge in [-0.3, -0.25) is 19.3 Å². The van der Waals surface area contributed by atoms with Crippen molar-refractivity contribution < 1.29 is 33.0 Å². The zero-order valence-electron chi connectivity index (χ0n) is 18.9. The lowest BCUT2D eigenvalue weighted by Gasteiger charge is -2.34. The summed E-state index contributed by atoms with van der Waals surface area (Å²) >= 11 is 0. The number of fused-ring (bicyclic) bond motifs is 1. The van der Waals surface area contributed by atoms with Crippen molar-refractivity contribution >= 4 is 23.4 Å². The maximum atomic E-state index is 13.8. The fourth-order valence-electron chi connectivity index (χ4n) is 4.01. The van der Waals surface area contributed by atoms with Gasteiger partial charge in [-0.05, 0) is 35.4 Å². The summed E-state index contributed by atoms with van der Waals surface area (Å²) in [5.74, 6) is -4.25. The Labute approximate surface area is 205 Å². The van der Waals surface area contributed by atoms with E-state index < -0.39 is 60.6 Å². The molecule has 0 unspecified atom stereocenters. The Morgan fingerprint density at radius 2 is 1.67 bits per heavy atom. The van der Waals surface area contributed by atoms with Crippen molar-refractivity contribution in [3.8, 4) is 5.75 Å². The molecule has 1 heterocycles. The Balaban J connectivity index is 1.81. The van der Waals surface area contributed by atoms with E-state index in [1.165, 1.54) is 0 Å². The first kappa shape index (κ1) is 25.0. The molecule has 3 amide bonds. The molecule has 1 aliphatic heterocycles. The van der Waals surface area contributed by atoms with Gasteiger partial charge in [-0.25, -0.2) is 8.78 Å². The number of aliphatic hydroxyl groups excluding tert-OH is 1. The van der Waals surface area contributed by atoms with E-state index in [4.69, 9.17) is 10.5 Å². The number of para-hydroxylation sites is 2. The van der Waals surface area contributed by atoms with E-state index in [1.54, 1.807) is 54.6 Å². The first-order valence-electron chi connectivity index (χ1n) is 11.1. The van der Waals surface area contributed by atoms with Gasteiger partial charge in [0.15, 0.2) is 12.1 Å². The molecule has 0 spiro atoms. The molecule has 3 atom stereocenters. The molecule has 186 valence electrons. The van der Waals surface area contributed by atoms with E-state index in [0.717, 1.165) is 12.1 Å². The number of carbonyl (C=O) groups excluding carboxylic acids is 3. The monoisotopic (exact) mass is 495 g/mol. The SMILES string of the molecule is N[C@@H](CO)C(=O)N(C(=O)Cc1cc(F)cc(F)c1)[C@@H]1C(=O)Nc2ccccc2O[C@@H]1c1ccccc1. The summed E-state index contributed by atoms with van der Waals surface area (Å²) in [4.78, 5) is 40.9. The van der Waals surface area contributed by atoms with Gasteiger partial charge in [-0.2, -0.15) is 0 Å². The fraction of sp³-hybridized carbons (Fsp3) is 0.192. The largest absolute Gasteiger partial charge is 0.481 e. The number of nitrogens with zero attached hydrogens (tertiary/aromatic N) is 1. The molecule has 0 radical (unpaired) electrons. The quantitative estimate of drug-likeness (QED) is 0.483. The van der Waals surface area contributed by atoms with Crippen LogP contribution >= 0.6 is 0 Å². The number of amides is 3. The van der Waals surface area contributed by atoms with Gasteiger partial charge < -0.3 is 20.9 Å². The summed E-state index contributed by atoms with van der Waals surface area (Å²) < 4.78 is 33.7. The van der Waals surface area contributed by atoms with Crippen molar-refractivity contribution in [3.05, 3.63) is 95.6 Å². The third-order valence-electron chi connectivity index (χ3n) is 5.66. The topological polar surface area (TPSA) is 122 Å². The minimum atomic E-state index is -1.56. The van der Waals surface area contributed by atoms with Crippen LogP contribution in [0.4, 0.5) is 14.5 Å². The van der Waals surface area contributed by atoms with Crippen LogP contribution in [0.25, 0.3) is 0 Å². The minimum Gasteiger partial charge on any atom is -0.481 e. The highest BCUT2D eigenvalue weighted by Crippen LogP contribution is 2.36. The number of nitrogens with one attached hydrogen (secondary N) is 1. The maximum absolute atomic E-state index is 13.8. The molecule has 0 saturated carbocycles. The second-order valence-electron chi connectivity index (χ2n) is 8.22. The smallest absolute Gasteiger partial charge is 0.252 e. The highest BCUT2D eigenvalue weighted by atomic mass is 19.1. The van der Waals surface area contributed by atoms with Crippen molar-refractivity contribution in [1.29, 1.82) is 0 Å². The van der Waals surface area contributed by atoms with E-state index in [2.05, 4.69) is 5.32 Å². The normalized spacial score (nSPS) is 17.7. The Bertz CT molecular complexity index is 1270. The molecule has 0 saturated heterocycles. The molecule has 3 aromatic carbocycles. The number of aliphatic hydroxyl groups is 1. The highest BCUT2D eigenvalue weighted by molar-refractivity contribution is 6.06. The molecule has 3 aromatic rings. The number of halogens is 2. The van der Waals surface area contributed by atoms with Gasteiger partial charge >= 0.3 is 0 Å². The zero-order chi connectivity index (χ0) is 25.8. The number of rotatable bonds is 6. The van der Waals surface area contributed by atoms with Crippen LogP contribution in [-0.4, -0.2) is 46.4 Å². The van der Waals surface area contributed by atoms with Crippen molar-refractivity contribution in [2.75, 3.05) is 11.9 Å². The number of imide groups is 1. The van der Waals surface area contributed by atoms with Crippen molar-refractivity contribution in [3.63, 3.8) is 0 Å². The second-order valence-corrected chi connectivity index (χ2v) is 8.22. The summed E-state index contributed by atoms with van der Waals surface area (Å²) in [7, 11) is 0. The summed E-state index contributed by atoms with van der Waals surface area (Å²) in [6.07, 6.45) is -1.77. The van der Waals surface area contributed by atoms with Crippen LogP contribution in [0.5, 0.6) is 5.75 Å². The van der Waals surface area contributed by atoms with Crippen LogP contribution < -0.4 is 15.8 Å². The highest BCUT2D eigenvalue weighted by Gasteiger charge is 2.45. The van der Waals surface area contributed by atoms with Crippen LogP contribution in [0.15, 0.2) is 72.8 Å². The minimum absolute atomic E-state index is 0.0534. The predicted molar refractivity (Wildman–Crippen MR) is 126 cm³/mol. The Hall–Kier alpha value is -4.15. The molecule has 0 bridgehead atoms.